The molecule has 1 aromatic rings. The number of carbonyl (C=O) groups is 1. The maximum absolute atomic E-state index is 12.8. The van der Waals surface area contributed by atoms with Gasteiger partial charge in [-0.15, -0.1) is 0 Å². The lowest BCUT2D eigenvalue weighted by atomic mass is 10.1. The predicted molar refractivity (Wildman–Crippen MR) is 58.0 cm³/mol. The molecule has 4 heteroatoms. The molecule has 0 unspecified atom stereocenters. The fourth-order valence-corrected chi connectivity index (χ4v) is 1.18. The van der Waals surface area contributed by atoms with Crippen molar-refractivity contribution < 1.29 is 9.18 Å². The van der Waals surface area contributed by atoms with Gasteiger partial charge in [-0.3, -0.25) is 4.79 Å². The third kappa shape index (κ3) is 3.02. The molecule has 0 heterocycles. The number of halogens is 1. The number of anilines is 1. The van der Waals surface area contributed by atoms with Crippen LogP contribution in [0.25, 0.3) is 0 Å². The lowest BCUT2D eigenvalue weighted by Crippen LogP contribution is -2.35. The molecule has 0 aromatic heterocycles. The Hall–Kier alpha value is -1.42. The van der Waals surface area contributed by atoms with Crippen LogP contribution >= 0.6 is 0 Å². The third-order valence-corrected chi connectivity index (χ3v) is 2.22. The van der Waals surface area contributed by atoms with Gasteiger partial charge in [0.1, 0.15) is 5.82 Å². The number of rotatable bonds is 3. The quantitative estimate of drug-likeness (QED) is 0.799. The maximum Gasteiger partial charge on any atom is 0.241 e. The zero-order chi connectivity index (χ0) is 11.4. The van der Waals surface area contributed by atoms with Crippen LogP contribution in [0.1, 0.15) is 18.9 Å². The molecule has 0 aliphatic carbocycles. The summed E-state index contributed by atoms with van der Waals surface area (Å²) in [5.74, 6) is -0.558. The van der Waals surface area contributed by atoms with E-state index in [1.807, 2.05) is 6.92 Å². The molecule has 0 fully saturated rings. The SMILES string of the molecule is CC[C@@H](N)C(=O)Nc1ccc(F)cc1C. The minimum Gasteiger partial charge on any atom is -0.324 e. The van der Waals surface area contributed by atoms with Gasteiger partial charge in [-0.1, -0.05) is 6.92 Å². The van der Waals surface area contributed by atoms with Gasteiger partial charge in [0.25, 0.3) is 0 Å². The molecule has 0 bridgehead atoms. The van der Waals surface area contributed by atoms with Crippen molar-refractivity contribution >= 4 is 11.6 Å². The summed E-state index contributed by atoms with van der Waals surface area (Å²) in [6.07, 6.45) is 0.575. The summed E-state index contributed by atoms with van der Waals surface area (Å²) in [5.41, 5.74) is 6.85. The molecule has 15 heavy (non-hydrogen) atoms. The van der Waals surface area contributed by atoms with Crippen molar-refractivity contribution in [2.24, 2.45) is 5.73 Å². The summed E-state index contributed by atoms with van der Waals surface area (Å²) in [6, 6.07) is 3.69. The first-order chi connectivity index (χ1) is 7.04. The molecule has 1 aromatic carbocycles. The molecule has 0 spiro atoms. The molecule has 0 aliphatic heterocycles. The highest BCUT2D eigenvalue weighted by Gasteiger charge is 2.11. The molecule has 3 nitrogen and oxygen atoms in total. The largest absolute Gasteiger partial charge is 0.324 e. The number of nitrogens with two attached hydrogens (primary N) is 1. The van der Waals surface area contributed by atoms with E-state index in [0.717, 1.165) is 0 Å². The summed E-state index contributed by atoms with van der Waals surface area (Å²) in [5, 5.41) is 2.66. The Kier molecular flexibility index (Phi) is 3.80. The summed E-state index contributed by atoms with van der Waals surface area (Å²) in [4.78, 5) is 11.5. The second-order valence-corrected chi connectivity index (χ2v) is 3.46. The fourth-order valence-electron chi connectivity index (χ4n) is 1.18. The number of hydrogen-bond acceptors (Lipinski definition) is 2. The Balaban J connectivity index is 2.77. The minimum absolute atomic E-state index is 0.243. The molecular formula is C11H15FN2O. The average molecular weight is 210 g/mol. The van der Waals surface area contributed by atoms with E-state index in [1.165, 1.54) is 18.2 Å². The Labute approximate surface area is 88.5 Å². The van der Waals surface area contributed by atoms with Crippen LogP contribution in [-0.2, 0) is 4.79 Å². The van der Waals surface area contributed by atoms with Crippen molar-refractivity contribution in [3.63, 3.8) is 0 Å². The van der Waals surface area contributed by atoms with Crippen molar-refractivity contribution in [2.45, 2.75) is 26.3 Å². The lowest BCUT2D eigenvalue weighted by Gasteiger charge is -2.11. The highest BCUT2D eigenvalue weighted by atomic mass is 19.1. The van der Waals surface area contributed by atoms with E-state index < -0.39 is 6.04 Å². The average Bonchev–Trinajstić information content (AvgIpc) is 2.20. The predicted octanol–water partition coefficient (Wildman–Crippen LogP) is 1.81. The second kappa shape index (κ2) is 4.89. The summed E-state index contributed by atoms with van der Waals surface area (Å²) in [6.45, 7) is 3.57. The summed E-state index contributed by atoms with van der Waals surface area (Å²) >= 11 is 0. The first-order valence-electron chi connectivity index (χ1n) is 4.87. The van der Waals surface area contributed by atoms with E-state index in [0.29, 0.717) is 17.7 Å². The van der Waals surface area contributed by atoms with Crippen molar-refractivity contribution in [1.29, 1.82) is 0 Å². The van der Waals surface area contributed by atoms with E-state index in [4.69, 9.17) is 5.73 Å². The number of nitrogens with one attached hydrogen (secondary N) is 1. The van der Waals surface area contributed by atoms with E-state index in [1.54, 1.807) is 6.92 Å². The molecule has 0 radical (unpaired) electrons. The first-order valence-corrected chi connectivity index (χ1v) is 4.87. The van der Waals surface area contributed by atoms with Crippen LogP contribution in [0.15, 0.2) is 18.2 Å². The van der Waals surface area contributed by atoms with Gasteiger partial charge in [0.2, 0.25) is 5.91 Å². The standard InChI is InChI=1S/C11H15FN2O/c1-3-9(13)11(15)14-10-5-4-8(12)6-7(10)2/h4-6,9H,3,13H2,1-2H3,(H,14,15)/t9-/m1/s1. The molecule has 1 amide bonds. The Bertz CT molecular complexity index is 366. The molecule has 82 valence electrons. The van der Waals surface area contributed by atoms with Crippen LogP contribution < -0.4 is 11.1 Å². The van der Waals surface area contributed by atoms with Gasteiger partial charge in [-0.25, -0.2) is 4.39 Å². The van der Waals surface area contributed by atoms with Crippen LogP contribution in [0.4, 0.5) is 10.1 Å². The Morgan fingerprint density at radius 3 is 2.80 bits per heavy atom. The highest BCUT2D eigenvalue weighted by molar-refractivity contribution is 5.95. The third-order valence-electron chi connectivity index (χ3n) is 2.22. The molecule has 0 saturated heterocycles. The second-order valence-electron chi connectivity index (χ2n) is 3.46. The van der Waals surface area contributed by atoms with Gasteiger partial charge in [0, 0.05) is 5.69 Å². The van der Waals surface area contributed by atoms with Gasteiger partial charge in [0.15, 0.2) is 0 Å². The fraction of sp³-hybridized carbons (Fsp3) is 0.364. The Morgan fingerprint density at radius 1 is 1.60 bits per heavy atom. The van der Waals surface area contributed by atoms with Crippen LogP contribution in [0.5, 0.6) is 0 Å². The van der Waals surface area contributed by atoms with Crippen molar-refractivity contribution in [3.8, 4) is 0 Å². The van der Waals surface area contributed by atoms with Crippen LogP contribution in [0, 0.1) is 12.7 Å². The van der Waals surface area contributed by atoms with Gasteiger partial charge >= 0.3 is 0 Å². The maximum atomic E-state index is 12.8. The molecule has 3 N–H and O–H groups in total. The summed E-state index contributed by atoms with van der Waals surface area (Å²) < 4.78 is 12.8. The monoisotopic (exact) mass is 210 g/mol. The normalized spacial score (nSPS) is 12.3. The van der Waals surface area contributed by atoms with Crippen LogP contribution in [-0.4, -0.2) is 11.9 Å². The molecule has 0 aliphatic rings. The topological polar surface area (TPSA) is 55.1 Å². The summed E-state index contributed by atoms with van der Waals surface area (Å²) in [7, 11) is 0. The van der Waals surface area contributed by atoms with Crippen LogP contribution in [0.2, 0.25) is 0 Å². The Morgan fingerprint density at radius 2 is 2.27 bits per heavy atom. The number of benzene rings is 1. The lowest BCUT2D eigenvalue weighted by molar-refractivity contribution is -0.117. The van der Waals surface area contributed by atoms with Gasteiger partial charge in [-0.2, -0.15) is 0 Å². The molecule has 1 atom stereocenters. The smallest absolute Gasteiger partial charge is 0.241 e. The van der Waals surface area contributed by atoms with Crippen LogP contribution in [0.3, 0.4) is 0 Å². The van der Waals surface area contributed by atoms with Crippen molar-refractivity contribution in [1.82, 2.24) is 0 Å². The van der Waals surface area contributed by atoms with Gasteiger partial charge in [-0.05, 0) is 37.1 Å². The van der Waals surface area contributed by atoms with E-state index in [2.05, 4.69) is 5.32 Å². The first kappa shape index (κ1) is 11.7. The zero-order valence-electron chi connectivity index (χ0n) is 8.88. The molecule has 0 saturated carbocycles. The minimum atomic E-state index is -0.519. The molecule has 1 rings (SSSR count). The van der Waals surface area contributed by atoms with E-state index >= 15 is 0 Å². The van der Waals surface area contributed by atoms with E-state index in [9.17, 15) is 9.18 Å². The van der Waals surface area contributed by atoms with Gasteiger partial charge in [0.05, 0.1) is 6.04 Å². The number of carbonyl (C=O) groups excluding carboxylic acids is 1. The number of hydrogen-bond donors (Lipinski definition) is 2. The van der Waals surface area contributed by atoms with E-state index in [-0.39, 0.29) is 11.7 Å². The van der Waals surface area contributed by atoms with Gasteiger partial charge < -0.3 is 11.1 Å². The number of aryl methyl sites for hydroxylation is 1. The van der Waals surface area contributed by atoms with Crippen molar-refractivity contribution in [3.05, 3.63) is 29.6 Å². The molecular weight excluding hydrogens is 195 g/mol. The number of amides is 1. The highest BCUT2D eigenvalue weighted by Crippen LogP contribution is 2.15. The zero-order valence-corrected chi connectivity index (χ0v) is 8.88. The van der Waals surface area contributed by atoms with Crippen molar-refractivity contribution in [2.75, 3.05) is 5.32 Å².